The van der Waals surface area contributed by atoms with Crippen molar-refractivity contribution in [2.45, 2.75) is 32.9 Å². The Morgan fingerprint density at radius 3 is 2.52 bits per heavy atom. The van der Waals surface area contributed by atoms with Crippen molar-refractivity contribution in [3.8, 4) is 0 Å². The van der Waals surface area contributed by atoms with Gasteiger partial charge in [0.05, 0.1) is 5.56 Å². The van der Waals surface area contributed by atoms with Crippen LogP contribution in [0.15, 0.2) is 33.9 Å². The number of esters is 1. The Kier molecular flexibility index (Phi) is 5.86. The zero-order chi connectivity index (χ0) is 21.1. The fourth-order valence-electron chi connectivity index (χ4n) is 3.05. The number of H-pyrrole nitrogens is 1. The Labute approximate surface area is 167 Å². The maximum absolute atomic E-state index is 12.4. The van der Waals surface area contributed by atoms with Gasteiger partial charge >= 0.3 is 11.7 Å². The van der Waals surface area contributed by atoms with E-state index in [1.54, 1.807) is 23.7 Å². The normalized spacial score (nSPS) is 11.0. The van der Waals surface area contributed by atoms with E-state index in [0.29, 0.717) is 23.6 Å². The molecule has 0 fully saturated rings. The lowest BCUT2D eigenvalue weighted by molar-refractivity contribution is 0.0459. The predicted octanol–water partition coefficient (Wildman–Crippen LogP) is 1.65. The summed E-state index contributed by atoms with van der Waals surface area (Å²) in [6.45, 7) is 2.36. The van der Waals surface area contributed by atoms with Crippen LogP contribution in [0, 0.1) is 0 Å². The molecule has 0 radical (unpaired) electrons. The molecule has 0 aliphatic carbocycles. The summed E-state index contributed by atoms with van der Waals surface area (Å²) >= 11 is 0. The number of ether oxygens (including phenoxy) is 1. The minimum Gasteiger partial charge on any atom is -0.454 e. The van der Waals surface area contributed by atoms with Gasteiger partial charge < -0.3 is 14.2 Å². The van der Waals surface area contributed by atoms with Crippen LogP contribution in [-0.2, 0) is 24.9 Å². The number of nitrogens with zero attached hydrogens (tertiary/aromatic N) is 4. The Hall–Kier alpha value is -3.36. The fourth-order valence-corrected chi connectivity index (χ4v) is 3.05. The van der Waals surface area contributed by atoms with Gasteiger partial charge in [-0.2, -0.15) is 0 Å². The maximum Gasteiger partial charge on any atom is 0.338 e. The second-order valence-electron chi connectivity index (χ2n) is 7.04. The standard InChI is InChI=1S/C20H25N5O4/c1-5-6-11-25-17-16(18(26)22-20(25)28)24(4)15(21-17)12-29-19(27)13-7-9-14(10-8-13)23(2)3/h7-10H,5-6,11-12H2,1-4H3,(H,22,26,28). The average molecular weight is 399 g/mol. The number of unbranched alkanes of at least 4 members (excludes halogenated alkanes) is 1. The van der Waals surface area contributed by atoms with Gasteiger partial charge in [0.1, 0.15) is 12.4 Å². The summed E-state index contributed by atoms with van der Waals surface area (Å²) in [5.41, 5.74) is 0.981. The Morgan fingerprint density at radius 1 is 1.21 bits per heavy atom. The van der Waals surface area contributed by atoms with Gasteiger partial charge in [-0.1, -0.05) is 13.3 Å². The molecule has 3 rings (SSSR count). The van der Waals surface area contributed by atoms with E-state index in [1.165, 1.54) is 4.57 Å². The SMILES string of the molecule is CCCCn1c(=O)[nH]c(=O)c2c1nc(COC(=O)c1ccc(N(C)C)cc1)n2C. The van der Waals surface area contributed by atoms with Gasteiger partial charge in [-0.3, -0.25) is 14.3 Å². The summed E-state index contributed by atoms with van der Waals surface area (Å²) in [6, 6.07) is 7.05. The highest BCUT2D eigenvalue weighted by atomic mass is 16.5. The third-order valence-electron chi connectivity index (χ3n) is 4.79. The lowest BCUT2D eigenvalue weighted by Crippen LogP contribution is -2.31. The number of carbonyl (C=O) groups excluding carboxylic acids is 1. The number of carbonyl (C=O) groups is 1. The lowest BCUT2D eigenvalue weighted by atomic mass is 10.2. The average Bonchev–Trinajstić information content (AvgIpc) is 3.02. The highest BCUT2D eigenvalue weighted by Crippen LogP contribution is 2.15. The first-order valence-corrected chi connectivity index (χ1v) is 9.46. The first-order valence-electron chi connectivity index (χ1n) is 9.46. The van der Waals surface area contributed by atoms with Crippen molar-refractivity contribution in [2.24, 2.45) is 7.05 Å². The van der Waals surface area contributed by atoms with Crippen molar-refractivity contribution in [3.63, 3.8) is 0 Å². The topological polar surface area (TPSA) is 102 Å². The number of aryl methyl sites for hydroxylation is 2. The van der Waals surface area contributed by atoms with E-state index in [0.717, 1.165) is 18.5 Å². The molecule has 0 bridgehead atoms. The molecular formula is C20H25N5O4. The van der Waals surface area contributed by atoms with E-state index in [4.69, 9.17) is 4.74 Å². The molecule has 9 heteroatoms. The zero-order valence-electron chi connectivity index (χ0n) is 17.1. The number of imidazole rings is 1. The molecule has 0 saturated carbocycles. The molecule has 1 aromatic carbocycles. The van der Waals surface area contributed by atoms with Crippen molar-refractivity contribution in [1.82, 2.24) is 19.1 Å². The summed E-state index contributed by atoms with van der Waals surface area (Å²) in [7, 11) is 5.50. The quantitative estimate of drug-likeness (QED) is 0.606. The summed E-state index contributed by atoms with van der Waals surface area (Å²) in [4.78, 5) is 45.5. The molecule has 29 heavy (non-hydrogen) atoms. The summed E-state index contributed by atoms with van der Waals surface area (Å²) in [5.74, 6) is -0.0979. The van der Waals surface area contributed by atoms with Gasteiger partial charge in [0.2, 0.25) is 0 Å². The van der Waals surface area contributed by atoms with E-state index < -0.39 is 17.2 Å². The highest BCUT2D eigenvalue weighted by molar-refractivity contribution is 5.89. The Bertz CT molecular complexity index is 1140. The molecule has 0 atom stereocenters. The van der Waals surface area contributed by atoms with Crippen LogP contribution in [0.3, 0.4) is 0 Å². The van der Waals surface area contributed by atoms with Crippen molar-refractivity contribution >= 4 is 22.8 Å². The second kappa shape index (κ2) is 8.34. The monoisotopic (exact) mass is 399 g/mol. The van der Waals surface area contributed by atoms with Crippen LogP contribution in [0.5, 0.6) is 0 Å². The molecule has 0 aliphatic rings. The zero-order valence-corrected chi connectivity index (χ0v) is 17.1. The molecule has 0 saturated heterocycles. The van der Waals surface area contributed by atoms with Crippen molar-refractivity contribution < 1.29 is 9.53 Å². The number of rotatable bonds is 7. The van der Waals surface area contributed by atoms with E-state index >= 15 is 0 Å². The van der Waals surface area contributed by atoms with E-state index in [2.05, 4.69) is 9.97 Å². The maximum atomic E-state index is 12.4. The predicted molar refractivity (Wildman–Crippen MR) is 110 cm³/mol. The van der Waals surface area contributed by atoms with Gasteiger partial charge in [-0.25, -0.2) is 14.6 Å². The number of fused-ring (bicyclic) bond motifs is 1. The molecule has 9 nitrogen and oxygen atoms in total. The molecule has 0 unspecified atom stereocenters. The van der Waals surface area contributed by atoms with Crippen LogP contribution >= 0.6 is 0 Å². The third-order valence-corrected chi connectivity index (χ3v) is 4.79. The molecule has 1 N–H and O–H groups in total. The number of anilines is 1. The smallest absolute Gasteiger partial charge is 0.338 e. The van der Waals surface area contributed by atoms with Crippen molar-refractivity contribution in [3.05, 3.63) is 56.5 Å². The Morgan fingerprint density at radius 2 is 1.90 bits per heavy atom. The van der Waals surface area contributed by atoms with Crippen LogP contribution in [0.2, 0.25) is 0 Å². The third kappa shape index (κ3) is 4.08. The molecule has 0 aliphatic heterocycles. The van der Waals surface area contributed by atoms with E-state index in [-0.39, 0.29) is 12.1 Å². The minimum absolute atomic E-state index is 0.110. The van der Waals surface area contributed by atoms with Crippen LogP contribution < -0.4 is 16.1 Å². The summed E-state index contributed by atoms with van der Waals surface area (Å²) in [5, 5.41) is 0. The molecule has 154 valence electrons. The number of nitrogens with one attached hydrogen (secondary N) is 1. The van der Waals surface area contributed by atoms with Crippen LogP contribution in [0.4, 0.5) is 5.69 Å². The number of hydrogen-bond acceptors (Lipinski definition) is 6. The number of hydrogen-bond donors (Lipinski definition) is 1. The molecular weight excluding hydrogens is 374 g/mol. The second-order valence-corrected chi connectivity index (χ2v) is 7.04. The van der Waals surface area contributed by atoms with Crippen LogP contribution in [0.25, 0.3) is 11.2 Å². The van der Waals surface area contributed by atoms with Gasteiger partial charge in [0, 0.05) is 33.4 Å². The molecule has 2 heterocycles. The largest absolute Gasteiger partial charge is 0.454 e. The van der Waals surface area contributed by atoms with Gasteiger partial charge in [0.15, 0.2) is 11.2 Å². The van der Waals surface area contributed by atoms with Crippen molar-refractivity contribution in [1.29, 1.82) is 0 Å². The van der Waals surface area contributed by atoms with Crippen LogP contribution in [-0.4, -0.2) is 39.2 Å². The first kappa shape index (κ1) is 20.4. The number of benzene rings is 1. The molecule has 2 aromatic heterocycles. The number of aromatic amines is 1. The van der Waals surface area contributed by atoms with Crippen LogP contribution in [0.1, 0.15) is 35.9 Å². The van der Waals surface area contributed by atoms with Gasteiger partial charge in [-0.15, -0.1) is 0 Å². The summed E-state index contributed by atoms with van der Waals surface area (Å²) in [6.07, 6.45) is 1.68. The molecule has 0 spiro atoms. The molecule has 3 aromatic rings. The van der Waals surface area contributed by atoms with Crippen molar-refractivity contribution in [2.75, 3.05) is 19.0 Å². The lowest BCUT2D eigenvalue weighted by Gasteiger charge is -2.12. The van der Waals surface area contributed by atoms with Gasteiger partial charge in [-0.05, 0) is 30.7 Å². The van der Waals surface area contributed by atoms with E-state index in [1.807, 2.05) is 38.1 Å². The highest BCUT2D eigenvalue weighted by Gasteiger charge is 2.18. The fraction of sp³-hybridized carbons (Fsp3) is 0.400. The Balaban J connectivity index is 1.86. The minimum atomic E-state index is -0.510. The molecule has 0 amide bonds. The van der Waals surface area contributed by atoms with E-state index in [9.17, 15) is 14.4 Å². The first-order chi connectivity index (χ1) is 13.8. The van der Waals surface area contributed by atoms with Gasteiger partial charge in [0.25, 0.3) is 5.56 Å². The number of aromatic nitrogens is 4. The summed E-state index contributed by atoms with van der Waals surface area (Å²) < 4.78 is 8.38.